The van der Waals surface area contributed by atoms with Crippen molar-refractivity contribution in [1.82, 2.24) is 4.31 Å². The Bertz CT molecular complexity index is 1180. The van der Waals surface area contributed by atoms with Crippen LogP contribution in [-0.4, -0.2) is 50.3 Å². The maximum atomic E-state index is 13.4. The molecule has 2 heterocycles. The average Bonchev–Trinajstić information content (AvgIpc) is 3.15. The minimum absolute atomic E-state index is 0.00359. The number of hydrogen-bond donors (Lipinski definition) is 1. The van der Waals surface area contributed by atoms with E-state index in [0.29, 0.717) is 38.1 Å². The third kappa shape index (κ3) is 4.81. The molecule has 8 nitrogen and oxygen atoms in total. The van der Waals surface area contributed by atoms with Crippen LogP contribution in [0.3, 0.4) is 0 Å². The van der Waals surface area contributed by atoms with Crippen molar-refractivity contribution < 1.29 is 22.7 Å². The number of sulfonamides is 1. The molecule has 182 valence electrons. The summed E-state index contributed by atoms with van der Waals surface area (Å²) in [5, 5.41) is 2.89. The van der Waals surface area contributed by atoms with E-state index in [1.807, 2.05) is 13.8 Å². The van der Waals surface area contributed by atoms with Crippen molar-refractivity contribution in [1.29, 1.82) is 0 Å². The predicted octanol–water partition coefficient (Wildman–Crippen LogP) is 3.42. The average molecular weight is 486 g/mol. The van der Waals surface area contributed by atoms with E-state index in [1.54, 1.807) is 47.4 Å². The van der Waals surface area contributed by atoms with Crippen molar-refractivity contribution in [2.75, 3.05) is 29.9 Å². The largest absolute Gasteiger partial charge is 0.494 e. The van der Waals surface area contributed by atoms with Crippen LogP contribution >= 0.6 is 0 Å². The van der Waals surface area contributed by atoms with Gasteiger partial charge in [-0.2, -0.15) is 4.31 Å². The highest BCUT2D eigenvalue weighted by molar-refractivity contribution is 7.89. The Balaban J connectivity index is 1.46. The zero-order chi connectivity index (χ0) is 24.5. The normalized spacial score (nSPS) is 20.6. The lowest BCUT2D eigenvalue weighted by Gasteiger charge is -2.31. The Morgan fingerprint density at radius 3 is 2.56 bits per heavy atom. The number of carbonyl (C=O) groups excluding carboxylic acids is 2. The molecule has 1 saturated heterocycles. The molecule has 0 unspecified atom stereocenters. The highest BCUT2D eigenvalue weighted by Gasteiger charge is 2.35. The number of rotatable bonds is 6. The Labute approximate surface area is 200 Å². The first-order chi connectivity index (χ1) is 16.2. The van der Waals surface area contributed by atoms with E-state index >= 15 is 0 Å². The van der Waals surface area contributed by atoms with Gasteiger partial charge >= 0.3 is 0 Å². The number of fused-ring (bicyclic) bond motifs is 1. The number of benzene rings is 2. The van der Waals surface area contributed by atoms with Gasteiger partial charge in [0, 0.05) is 37.4 Å². The van der Waals surface area contributed by atoms with Crippen LogP contribution < -0.4 is 15.0 Å². The Morgan fingerprint density at radius 2 is 1.88 bits per heavy atom. The van der Waals surface area contributed by atoms with Gasteiger partial charge in [0.1, 0.15) is 5.75 Å². The summed E-state index contributed by atoms with van der Waals surface area (Å²) in [6.07, 6.45) is 1.86. The van der Waals surface area contributed by atoms with E-state index in [0.717, 1.165) is 17.0 Å². The first-order valence-corrected chi connectivity index (χ1v) is 13.1. The van der Waals surface area contributed by atoms with Gasteiger partial charge in [-0.25, -0.2) is 8.42 Å². The third-order valence-electron chi connectivity index (χ3n) is 6.43. The highest BCUT2D eigenvalue weighted by atomic mass is 32.2. The molecule has 4 rings (SSSR count). The molecule has 9 heteroatoms. The molecular weight excluding hydrogens is 454 g/mol. The lowest BCUT2D eigenvalue weighted by atomic mass is 9.99. The SMILES string of the molecule is CCOc1ccc(NC(=O)[C@@H]2CCCN(S(=O)(=O)c3ccc4c(c3)C[C@H](C)N4C(C)=O)C2)cc1. The molecule has 2 atom stereocenters. The maximum Gasteiger partial charge on any atom is 0.243 e. The van der Waals surface area contributed by atoms with E-state index in [2.05, 4.69) is 5.32 Å². The van der Waals surface area contributed by atoms with Crippen LogP contribution in [0.2, 0.25) is 0 Å². The Morgan fingerprint density at radius 1 is 1.15 bits per heavy atom. The second kappa shape index (κ2) is 9.76. The van der Waals surface area contributed by atoms with Crippen LogP contribution in [0.4, 0.5) is 11.4 Å². The molecule has 2 aliphatic heterocycles. The number of nitrogens with one attached hydrogen (secondary N) is 1. The van der Waals surface area contributed by atoms with Gasteiger partial charge in [-0.1, -0.05) is 0 Å². The number of hydrogen-bond acceptors (Lipinski definition) is 5. The van der Waals surface area contributed by atoms with Crippen molar-refractivity contribution in [3.63, 3.8) is 0 Å². The number of carbonyl (C=O) groups is 2. The van der Waals surface area contributed by atoms with Crippen molar-refractivity contribution in [2.45, 2.75) is 51.0 Å². The van der Waals surface area contributed by atoms with Gasteiger partial charge in [0.2, 0.25) is 21.8 Å². The van der Waals surface area contributed by atoms with E-state index in [1.165, 1.54) is 11.2 Å². The molecule has 34 heavy (non-hydrogen) atoms. The first kappa shape index (κ1) is 24.2. The molecule has 2 aromatic carbocycles. The number of piperidine rings is 1. The Kier molecular flexibility index (Phi) is 6.95. The van der Waals surface area contributed by atoms with Crippen molar-refractivity contribution >= 4 is 33.2 Å². The molecule has 2 aliphatic rings. The predicted molar refractivity (Wildman–Crippen MR) is 130 cm³/mol. The molecule has 0 aromatic heterocycles. The van der Waals surface area contributed by atoms with Crippen molar-refractivity contribution in [3.8, 4) is 5.75 Å². The molecule has 1 fully saturated rings. The van der Waals surface area contributed by atoms with Crippen LogP contribution in [0, 0.1) is 5.92 Å². The summed E-state index contributed by atoms with van der Waals surface area (Å²) in [6.45, 7) is 6.45. The molecule has 0 aliphatic carbocycles. The van der Waals surface area contributed by atoms with Crippen LogP contribution in [0.15, 0.2) is 47.4 Å². The Hall–Kier alpha value is -2.91. The smallest absolute Gasteiger partial charge is 0.243 e. The number of anilines is 2. The molecule has 2 aromatic rings. The first-order valence-electron chi connectivity index (χ1n) is 11.7. The maximum absolute atomic E-state index is 13.4. The summed E-state index contributed by atoms with van der Waals surface area (Å²) in [4.78, 5) is 26.8. The quantitative estimate of drug-likeness (QED) is 0.676. The summed E-state index contributed by atoms with van der Waals surface area (Å²) >= 11 is 0. The standard InChI is InChI=1S/C25H31N3O5S/c1-4-33-22-9-7-21(8-10-22)26-25(30)19-6-5-13-27(16-19)34(31,32)23-11-12-24-20(15-23)14-17(2)28(24)18(3)29/h7-12,15,17,19H,4-6,13-14,16H2,1-3H3,(H,26,30)/t17-,19+/m0/s1. The lowest BCUT2D eigenvalue weighted by molar-refractivity contribution is -0.121. The lowest BCUT2D eigenvalue weighted by Crippen LogP contribution is -2.43. The van der Waals surface area contributed by atoms with Crippen LogP contribution in [-0.2, 0) is 26.0 Å². The van der Waals surface area contributed by atoms with Crippen LogP contribution in [0.1, 0.15) is 39.2 Å². The van der Waals surface area contributed by atoms with E-state index in [9.17, 15) is 18.0 Å². The topological polar surface area (TPSA) is 96.0 Å². The van der Waals surface area contributed by atoms with Gasteiger partial charge in [0.25, 0.3) is 0 Å². The summed E-state index contributed by atoms with van der Waals surface area (Å²) < 4.78 is 33.6. The summed E-state index contributed by atoms with van der Waals surface area (Å²) in [5.41, 5.74) is 2.27. The molecule has 0 saturated carbocycles. The van der Waals surface area contributed by atoms with Crippen molar-refractivity contribution in [2.24, 2.45) is 5.92 Å². The van der Waals surface area contributed by atoms with Gasteiger partial charge in [0.15, 0.2) is 0 Å². The van der Waals surface area contributed by atoms with E-state index in [4.69, 9.17) is 4.74 Å². The number of amides is 2. The summed E-state index contributed by atoms with van der Waals surface area (Å²) in [5.74, 6) is 0.0477. The third-order valence-corrected chi connectivity index (χ3v) is 8.29. The van der Waals surface area contributed by atoms with Crippen LogP contribution in [0.5, 0.6) is 5.75 Å². The molecule has 0 spiro atoms. The second-order valence-corrected chi connectivity index (χ2v) is 10.8. The molecule has 0 bridgehead atoms. The fourth-order valence-electron chi connectivity index (χ4n) is 4.82. The van der Waals surface area contributed by atoms with E-state index < -0.39 is 15.9 Å². The minimum Gasteiger partial charge on any atom is -0.494 e. The van der Waals surface area contributed by atoms with Crippen molar-refractivity contribution in [3.05, 3.63) is 48.0 Å². The van der Waals surface area contributed by atoms with Gasteiger partial charge in [-0.05, 0) is 81.1 Å². The van der Waals surface area contributed by atoms with Crippen LogP contribution in [0.25, 0.3) is 0 Å². The molecular formula is C25H31N3O5S. The monoisotopic (exact) mass is 485 g/mol. The van der Waals surface area contributed by atoms with Gasteiger partial charge in [-0.3, -0.25) is 9.59 Å². The van der Waals surface area contributed by atoms with Gasteiger partial charge in [-0.15, -0.1) is 0 Å². The summed E-state index contributed by atoms with van der Waals surface area (Å²) in [6, 6.07) is 12.1. The second-order valence-electron chi connectivity index (χ2n) is 8.88. The zero-order valence-electron chi connectivity index (χ0n) is 19.8. The highest BCUT2D eigenvalue weighted by Crippen LogP contribution is 2.35. The number of nitrogens with zero attached hydrogens (tertiary/aromatic N) is 2. The summed E-state index contributed by atoms with van der Waals surface area (Å²) in [7, 11) is -3.76. The number of ether oxygens (including phenoxy) is 1. The van der Waals surface area contributed by atoms with E-state index in [-0.39, 0.29) is 29.3 Å². The molecule has 2 amide bonds. The molecule has 1 N–H and O–H groups in total. The zero-order valence-corrected chi connectivity index (χ0v) is 20.6. The minimum atomic E-state index is -3.76. The van der Waals surface area contributed by atoms with Gasteiger partial charge < -0.3 is 15.0 Å². The fourth-order valence-corrected chi connectivity index (χ4v) is 6.39. The fraction of sp³-hybridized carbons (Fsp3) is 0.440. The van der Waals surface area contributed by atoms with Gasteiger partial charge in [0.05, 0.1) is 17.4 Å². The molecule has 0 radical (unpaired) electrons.